The van der Waals surface area contributed by atoms with E-state index in [4.69, 9.17) is 21.1 Å². The van der Waals surface area contributed by atoms with Crippen LogP contribution in [-0.2, 0) is 11.3 Å². The highest BCUT2D eigenvalue weighted by Gasteiger charge is 2.08. The van der Waals surface area contributed by atoms with Crippen LogP contribution in [0.1, 0.15) is 26.3 Å². The number of aliphatic hydroxyl groups is 1. The molecule has 0 saturated carbocycles. The van der Waals surface area contributed by atoms with Gasteiger partial charge in [0.1, 0.15) is 18.5 Å². The van der Waals surface area contributed by atoms with E-state index in [-0.39, 0.29) is 13.2 Å². The summed E-state index contributed by atoms with van der Waals surface area (Å²) < 4.78 is 10.6. The molecule has 0 aromatic heterocycles. The summed E-state index contributed by atoms with van der Waals surface area (Å²) in [6, 6.07) is 5.70. The summed E-state index contributed by atoms with van der Waals surface area (Å²) in [5.74, 6) is 1.20. The highest BCUT2D eigenvalue weighted by Crippen LogP contribution is 2.25. The van der Waals surface area contributed by atoms with E-state index in [1.165, 1.54) is 0 Å². The van der Waals surface area contributed by atoms with Crippen molar-refractivity contribution in [1.82, 2.24) is 5.32 Å². The third-order valence-corrected chi connectivity index (χ3v) is 3.12. The van der Waals surface area contributed by atoms with Crippen molar-refractivity contribution in [2.24, 2.45) is 5.92 Å². The van der Waals surface area contributed by atoms with Crippen LogP contribution in [0.4, 0.5) is 0 Å². The number of rotatable bonds is 10. The minimum Gasteiger partial charge on any atom is -0.489 e. The summed E-state index contributed by atoms with van der Waals surface area (Å²) in [6.45, 7) is 9.00. The van der Waals surface area contributed by atoms with Gasteiger partial charge in [-0.2, -0.15) is 0 Å². The lowest BCUT2D eigenvalue weighted by atomic mass is 10.2. The standard InChI is InChI=1S/C16H26ClNO3/c1-4-20-10-14(19)11-21-16-6-5-13(7-15(16)17)9-18-8-12(2)3/h5-7,12,14,18-19H,4,8-11H2,1-3H3. The largest absolute Gasteiger partial charge is 0.489 e. The molecule has 0 heterocycles. The average molecular weight is 316 g/mol. The number of ether oxygens (including phenoxy) is 2. The first-order chi connectivity index (χ1) is 10.0. The van der Waals surface area contributed by atoms with Crippen LogP contribution >= 0.6 is 11.6 Å². The zero-order chi connectivity index (χ0) is 15.7. The maximum atomic E-state index is 9.65. The molecule has 1 rings (SSSR count). The molecule has 120 valence electrons. The molecule has 0 radical (unpaired) electrons. The normalized spacial score (nSPS) is 12.7. The van der Waals surface area contributed by atoms with Gasteiger partial charge in [-0.15, -0.1) is 0 Å². The van der Waals surface area contributed by atoms with Gasteiger partial charge in [-0.05, 0) is 37.1 Å². The van der Waals surface area contributed by atoms with Crippen molar-refractivity contribution in [3.8, 4) is 5.75 Å². The van der Waals surface area contributed by atoms with Gasteiger partial charge in [-0.25, -0.2) is 0 Å². The fraction of sp³-hybridized carbons (Fsp3) is 0.625. The van der Waals surface area contributed by atoms with Crippen molar-refractivity contribution in [1.29, 1.82) is 0 Å². The third kappa shape index (κ3) is 7.67. The molecule has 0 aliphatic heterocycles. The molecule has 0 saturated heterocycles. The first-order valence-corrected chi connectivity index (χ1v) is 7.78. The van der Waals surface area contributed by atoms with E-state index < -0.39 is 6.10 Å². The van der Waals surface area contributed by atoms with Gasteiger partial charge >= 0.3 is 0 Å². The maximum absolute atomic E-state index is 9.65. The molecule has 1 unspecified atom stereocenters. The summed E-state index contributed by atoms with van der Waals surface area (Å²) >= 11 is 6.19. The first-order valence-electron chi connectivity index (χ1n) is 7.40. The quantitative estimate of drug-likeness (QED) is 0.697. The average Bonchev–Trinajstić information content (AvgIpc) is 2.43. The van der Waals surface area contributed by atoms with Crippen LogP contribution in [0.5, 0.6) is 5.75 Å². The zero-order valence-electron chi connectivity index (χ0n) is 13.1. The van der Waals surface area contributed by atoms with Crippen LogP contribution < -0.4 is 10.1 Å². The minimum absolute atomic E-state index is 0.171. The summed E-state index contributed by atoms with van der Waals surface area (Å²) in [4.78, 5) is 0. The summed E-state index contributed by atoms with van der Waals surface area (Å²) in [5.41, 5.74) is 1.11. The molecule has 1 aromatic rings. The molecule has 0 bridgehead atoms. The molecule has 0 aliphatic rings. The lowest BCUT2D eigenvalue weighted by Crippen LogP contribution is -2.23. The Morgan fingerprint density at radius 3 is 2.67 bits per heavy atom. The lowest BCUT2D eigenvalue weighted by Gasteiger charge is -2.14. The second-order valence-corrected chi connectivity index (χ2v) is 5.82. The summed E-state index contributed by atoms with van der Waals surface area (Å²) in [5, 5.41) is 13.6. The maximum Gasteiger partial charge on any atom is 0.138 e. The summed E-state index contributed by atoms with van der Waals surface area (Å²) in [6.07, 6.45) is -0.645. The van der Waals surface area contributed by atoms with Crippen LogP contribution in [-0.4, -0.2) is 37.6 Å². The SMILES string of the molecule is CCOCC(O)COc1ccc(CNCC(C)C)cc1Cl. The molecule has 0 spiro atoms. The Bertz CT molecular complexity index is 413. The molecule has 21 heavy (non-hydrogen) atoms. The van der Waals surface area contributed by atoms with E-state index >= 15 is 0 Å². The van der Waals surface area contributed by atoms with Gasteiger partial charge in [-0.1, -0.05) is 31.5 Å². The predicted octanol–water partition coefficient (Wildman–Crippen LogP) is 2.86. The predicted molar refractivity (Wildman–Crippen MR) is 86.0 cm³/mol. The number of hydrogen-bond acceptors (Lipinski definition) is 4. The molecule has 4 nitrogen and oxygen atoms in total. The van der Waals surface area contributed by atoms with Gasteiger partial charge in [0.25, 0.3) is 0 Å². The monoisotopic (exact) mass is 315 g/mol. The van der Waals surface area contributed by atoms with E-state index in [1.54, 1.807) is 0 Å². The molecule has 2 N–H and O–H groups in total. The smallest absolute Gasteiger partial charge is 0.138 e. The lowest BCUT2D eigenvalue weighted by molar-refractivity contribution is 0.0164. The first kappa shape index (κ1) is 18.2. The van der Waals surface area contributed by atoms with Crippen molar-refractivity contribution >= 4 is 11.6 Å². The van der Waals surface area contributed by atoms with Gasteiger partial charge < -0.3 is 19.9 Å². The Morgan fingerprint density at radius 2 is 2.05 bits per heavy atom. The Balaban J connectivity index is 2.42. The van der Waals surface area contributed by atoms with Crippen molar-refractivity contribution in [3.63, 3.8) is 0 Å². The van der Waals surface area contributed by atoms with Crippen molar-refractivity contribution in [2.45, 2.75) is 33.4 Å². The fourth-order valence-electron chi connectivity index (χ4n) is 1.76. The van der Waals surface area contributed by atoms with Gasteiger partial charge in [0, 0.05) is 13.2 Å². The highest BCUT2D eigenvalue weighted by molar-refractivity contribution is 6.32. The van der Waals surface area contributed by atoms with Crippen molar-refractivity contribution in [3.05, 3.63) is 28.8 Å². The molecule has 0 amide bonds. The van der Waals surface area contributed by atoms with Crippen molar-refractivity contribution < 1.29 is 14.6 Å². The number of hydrogen-bond donors (Lipinski definition) is 2. The van der Waals surface area contributed by atoms with Crippen LogP contribution in [0.2, 0.25) is 5.02 Å². The van der Waals surface area contributed by atoms with E-state index in [9.17, 15) is 5.11 Å². The number of aliphatic hydroxyl groups excluding tert-OH is 1. The molecular weight excluding hydrogens is 290 g/mol. The summed E-state index contributed by atoms with van der Waals surface area (Å²) in [7, 11) is 0. The third-order valence-electron chi connectivity index (χ3n) is 2.82. The van der Waals surface area contributed by atoms with Gasteiger partial charge in [0.05, 0.1) is 11.6 Å². The Kier molecular flexibility index (Phi) is 8.69. The Hall–Kier alpha value is -0.810. The van der Waals surface area contributed by atoms with Gasteiger partial charge in [-0.3, -0.25) is 0 Å². The molecule has 1 atom stereocenters. The second-order valence-electron chi connectivity index (χ2n) is 5.41. The fourth-order valence-corrected chi connectivity index (χ4v) is 2.02. The van der Waals surface area contributed by atoms with Crippen LogP contribution in [0, 0.1) is 5.92 Å². The molecule has 1 aromatic carbocycles. The van der Waals surface area contributed by atoms with E-state index in [1.807, 2.05) is 25.1 Å². The molecule has 0 aliphatic carbocycles. The van der Waals surface area contributed by atoms with Crippen molar-refractivity contribution in [2.75, 3.05) is 26.4 Å². The Morgan fingerprint density at radius 1 is 1.29 bits per heavy atom. The zero-order valence-corrected chi connectivity index (χ0v) is 13.8. The van der Waals surface area contributed by atoms with Crippen LogP contribution in [0.25, 0.3) is 0 Å². The molecule has 5 heteroatoms. The van der Waals surface area contributed by atoms with Crippen LogP contribution in [0.3, 0.4) is 0 Å². The van der Waals surface area contributed by atoms with E-state index in [2.05, 4.69) is 19.2 Å². The minimum atomic E-state index is -0.645. The molecular formula is C16H26ClNO3. The Labute approximate surface area is 132 Å². The number of halogens is 1. The highest BCUT2D eigenvalue weighted by atomic mass is 35.5. The second kappa shape index (κ2) is 10.0. The van der Waals surface area contributed by atoms with Crippen LogP contribution in [0.15, 0.2) is 18.2 Å². The number of benzene rings is 1. The van der Waals surface area contributed by atoms with Gasteiger partial charge in [0.15, 0.2) is 0 Å². The molecule has 0 fully saturated rings. The van der Waals surface area contributed by atoms with E-state index in [0.717, 1.165) is 18.7 Å². The number of nitrogens with one attached hydrogen (secondary N) is 1. The van der Waals surface area contributed by atoms with Gasteiger partial charge in [0.2, 0.25) is 0 Å². The topological polar surface area (TPSA) is 50.7 Å². The van der Waals surface area contributed by atoms with E-state index in [0.29, 0.717) is 23.3 Å².